The van der Waals surface area contributed by atoms with Crippen LogP contribution in [0.1, 0.15) is 31.9 Å². The van der Waals surface area contributed by atoms with Crippen LogP contribution in [-0.4, -0.2) is 62.9 Å². The van der Waals surface area contributed by atoms with Crippen molar-refractivity contribution in [3.63, 3.8) is 0 Å². The molecule has 11 nitrogen and oxygen atoms in total. The summed E-state index contributed by atoms with van der Waals surface area (Å²) in [6, 6.07) is 11.2. The number of aromatic nitrogens is 2. The molecule has 0 bridgehead atoms. The summed E-state index contributed by atoms with van der Waals surface area (Å²) in [4.78, 5) is 57.4. The molecule has 4 atom stereocenters. The Labute approximate surface area is 237 Å². The summed E-state index contributed by atoms with van der Waals surface area (Å²) >= 11 is 0. The number of aliphatic carboxylic acids is 1. The monoisotopic (exact) mass is 560 g/mol. The Morgan fingerprint density at radius 3 is 1.83 bits per heavy atom. The van der Waals surface area contributed by atoms with E-state index in [9.17, 15) is 24.3 Å². The molecule has 4 unspecified atom stereocenters. The van der Waals surface area contributed by atoms with Gasteiger partial charge >= 0.3 is 5.97 Å². The number of para-hydroxylation sites is 2. The van der Waals surface area contributed by atoms with Gasteiger partial charge in [-0.15, -0.1) is 0 Å². The largest absolute Gasteiger partial charge is 0.480 e. The number of nitrogens with one attached hydrogen (secondary N) is 5. The molecule has 8 N–H and O–H groups in total. The normalized spacial score (nSPS) is 14.4. The van der Waals surface area contributed by atoms with Gasteiger partial charge in [0.05, 0.1) is 6.04 Å². The molecule has 216 valence electrons. The van der Waals surface area contributed by atoms with Crippen molar-refractivity contribution in [1.29, 1.82) is 0 Å². The average Bonchev–Trinajstić information content (AvgIpc) is 3.54. The Bertz CT molecular complexity index is 1560. The smallest absolute Gasteiger partial charge is 0.325 e. The molecule has 3 amide bonds. The molecule has 0 aliphatic heterocycles. The lowest BCUT2D eigenvalue weighted by Crippen LogP contribution is -2.58. The lowest BCUT2D eigenvalue weighted by atomic mass is 9.99. The summed E-state index contributed by atoms with van der Waals surface area (Å²) in [5, 5.41) is 19.0. The van der Waals surface area contributed by atoms with Crippen LogP contribution < -0.4 is 21.7 Å². The van der Waals surface area contributed by atoms with Gasteiger partial charge in [-0.2, -0.15) is 0 Å². The second-order valence-corrected chi connectivity index (χ2v) is 10.6. The third kappa shape index (κ3) is 6.93. The summed E-state index contributed by atoms with van der Waals surface area (Å²) in [7, 11) is 0. The number of hydrogen-bond donors (Lipinski definition) is 7. The highest BCUT2D eigenvalue weighted by Crippen LogP contribution is 2.21. The van der Waals surface area contributed by atoms with Crippen molar-refractivity contribution in [3.8, 4) is 0 Å². The predicted octanol–water partition coefficient (Wildman–Crippen LogP) is 1.98. The number of amides is 3. The third-order valence-corrected chi connectivity index (χ3v) is 7.16. The first-order valence-electron chi connectivity index (χ1n) is 13.5. The molecule has 2 aromatic heterocycles. The van der Waals surface area contributed by atoms with E-state index in [1.54, 1.807) is 20.0 Å². The van der Waals surface area contributed by atoms with Gasteiger partial charge in [-0.25, -0.2) is 0 Å². The SMILES string of the molecule is CC(NC(=O)C(NC(=O)C(Cc1c[nH]c2ccccc12)NC(=O)C(N)Cc1c[nH]c2ccccc12)C(C)C)C(=O)O. The highest BCUT2D eigenvalue weighted by atomic mass is 16.4. The van der Waals surface area contributed by atoms with Crippen LogP contribution in [0.4, 0.5) is 0 Å². The van der Waals surface area contributed by atoms with E-state index in [0.29, 0.717) is 0 Å². The van der Waals surface area contributed by atoms with E-state index in [2.05, 4.69) is 25.9 Å². The highest BCUT2D eigenvalue weighted by Gasteiger charge is 2.31. The number of carboxylic acids is 1. The number of rotatable bonds is 12. The van der Waals surface area contributed by atoms with E-state index in [1.165, 1.54) is 6.92 Å². The predicted molar refractivity (Wildman–Crippen MR) is 156 cm³/mol. The third-order valence-electron chi connectivity index (χ3n) is 7.16. The van der Waals surface area contributed by atoms with Gasteiger partial charge < -0.3 is 36.8 Å². The summed E-state index contributed by atoms with van der Waals surface area (Å²) in [6.07, 6.45) is 3.99. The molecule has 0 saturated carbocycles. The number of carboxylic acid groups (broad SMARTS) is 1. The van der Waals surface area contributed by atoms with Crippen LogP contribution >= 0.6 is 0 Å². The quantitative estimate of drug-likeness (QED) is 0.139. The minimum Gasteiger partial charge on any atom is -0.480 e. The summed E-state index contributed by atoms with van der Waals surface area (Å²) in [6.45, 7) is 4.81. The number of benzene rings is 2. The van der Waals surface area contributed by atoms with E-state index < -0.39 is 47.9 Å². The number of hydrogen-bond acceptors (Lipinski definition) is 5. The molecule has 0 radical (unpaired) electrons. The molecule has 0 fully saturated rings. The first kappa shape index (κ1) is 29.3. The van der Waals surface area contributed by atoms with Crippen LogP contribution in [0.15, 0.2) is 60.9 Å². The maximum Gasteiger partial charge on any atom is 0.325 e. The van der Waals surface area contributed by atoms with Crippen molar-refractivity contribution in [2.24, 2.45) is 11.7 Å². The lowest BCUT2D eigenvalue weighted by Gasteiger charge is -2.26. The van der Waals surface area contributed by atoms with Crippen LogP contribution in [0.2, 0.25) is 0 Å². The average molecular weight is 561 g/mol. The van der Waals surface area contributed by atoms with Crippen LogP contribution in [0.25, 0.3) is 21.8 Å². The number of nitrogens with two attached hydrogens (primary N) is 1. The maximum absolute atomic E-state index is 13.6. The molecule has 2 heterocycles. The molecule has 0 aliphatic carbocycles. The van der Waals surface area contributed by atoms with Crippen molar-refractivity contribution in [1.82, 2.24) is 25.9 Å². The Morgan fingerprint density at radius 2 is 1.29 bits per heavy atom. The van der Waals surface area contributed by atoms with E-state index in [4.69, 9.17) is 5.73 Å². The summed E-state index contributed by atoms with van der Waals surface area (Å²) < 4.78 is 0. The Balaban J connectivity index is 1.54. The van der Waals surface area contributed by atoms with Crippen molar-refractivity contribution in [2.45, 2.75) is 57.8 Å². The van der Waals surface area contributed by atoms with E-state index in [1.807, 2.05) is 54.7 Å². The Morgan fingerprint density at radius 1 is 0.756 bits per heavy atom. The maximum atomic E-state index is 13.6. The number of carbonyl (C=O) groups is 4. The fourth-order valence-electron chi connectivity index (χ4n) is 4.79. The van der Waals surface area contributed by atoms with Gasteiger partial charge in [0.2, 0.25) is 17.7 Å². The first-order valence-corrected chi connectivity index (χ1v) is 13.5. The van der Waals surface area contributed by atoms with Crippen LogP contribution in [0.5, 0.6) is 0 Å². The first-order chi connectivity index (χ1) is 19.5. The van der Waals surface area contributed by atoms with Crippen molar-refractivity contribution in [3.05, 3.63) is 72.1 Å². The topological polar surface area (TPSA) is 182 Å². The number of fused-ring (bicyclic) bond motifs is 2. The van der Waals surface area contributed by atoms with E-state index in [-0.39, 0.29) is 18.8 Å². The van der Waals surface area contributed by atoms with Gasteiger partial charge in [-0.05, 0) is 42.5 Å². The van der Waals surface area contributed by atoms with Gasteiger partial charge in [0.1, 0.15) is 18.1 Å². The molecule has 0 saturated heterocycles. The highest BCUT2D eigenvalue weighted by molar-refractivity contribution is 5.95. The molecule has 2 aromatic carbocycles. The van der Waals surface area contributed by atoms with Crippen LogP contribution in [0.3, 0.4) is 0 Å². The molecular weight excluding hydrogens is 524 g/mol. The molecule has 4 rings (SSSR count). The molecule has 41 heavy (non-hydrogen) atoms. The minimum atomic E-state index is -1.19. The van der Waals surface area contributed by atoms with Gasteiger partial charge in [0.15, 0.2) is 0 Å². The zero-order valence-corrected chi connectivity index (χ0v) is 23.2. The second-order valence-electron chi connectivity index (χ2n) is 10.6. The van der Waals surface area contributed by atoms with E-state index in [0.717, 1.165) is 32.9 Å². The second kappa shape index (κ2) is 12.7. The van der Waals surface area contributed by atoms with E-state index >= 15 is 0 Å². The lowest BCUT2D eigenvalue weighted by molar-refractivity contribution is -0.142. The fourth-order valence-corrected chi connectivity index (χ4v) is 4.79. The zero-order chi connectivity index (χ0) is 29.7. The Hall–Kier alpha value is -4.64. The molecule has 11 heteroatoms. The molecule has 0 spiro atoms. The number of aromatic amines is 2. The molecule has 4 aromatic rings. The number of carbonyl (C=O) groups excluding carboxylic acids is 3. The van der Waals surface area contributed by atoms with Gasteiger partial charge in [0.25, 0.3) is 0 Å². The van der Waals surface area contributed by atoms with Crippen molar-refractivity contribution < 1.29 is 24.3 Å². The van der Waals surface area contributed by atoms with Gasteiger partial charge in [-0.3, -0.25) is 19.2 Å². The Kier molecular flexibility index (Phi) is 9.08. The fraction of sp³-hybridized carbons (Fsp3) is 0.333. The van der Waals surface area contributed by atoms with Gasteiger partial charge in [0, 0.05) is 40.6 Å². The summed E-state index contributed by atoms with van der Waals surface area (Å²) in [5.41, 5.74) is 9.80. The standard InChI is InChI=1S/C30H36N6O5/c1-16(2)26(29(39)34-17(3)30(40)41)36-28(38)25(13-19-15-33-24-11-7-5-9-21(19)24)35-27(37)22(31)12-18-14-32-23-10-6-4-8-20(18)23/h4-11,14-17,22,25-26,32-33H,12-13,31H2,1-3H3,(H,34,39)(H,35,37)(H,36,38)(H,40,41). The van der Waals surface area contributed by atoms with Crippen LogP contribution in [-0.2, 0) is 32.0 Å². The van der Waals surface area contributed by atoms with Crippen molar-refractivity contribution >= 4 is 45.5 Å². The van der Waals surface area contributed by atoms with Crippen molar-refractivity contribution in [2.75, 3.05) is 0 Å². The summed E-state index contributed by atoms with van der Waals surface area (Å²) in [5.74, 6) is -3.27. The molecule has 0 aliphatic rings. The minimum absolute atomic E-state index is 0.138. The zero-order valence-electron chi connectivity index (χ0n) is 23.2. The molecular formula is C30H36N6O5. The van der Waals surface area contributed by atoms with Crippen LogP contribution in [0, 0.1) is 5.92 Å². The van der Waals surface area contributed by atoms with Gasteiger partial charge in [-0.1, -0.05) is 50.2 Å². The number of H-pyrrole nitrogens is 2.